The zero-order chi connectivity index (χ0) is 15.5. The summed E-state index contributed by atoms with van der Waals surface area (Å²) in [5, 5.41) is 17.4. The van der Waals surface area contributed by atoms with Crippen LogP contribution in [0.1, 0.15) is 5.56 Å². The number of hydrogen-bond acceptors (Lipinski definition) is 5. The van der Waals surface area contributed by atoms with Gasteiger partial charge in [-0.1, -0.05) is 12.1 Å². The maximum Gasteiger partial charge on any atom is 0.307 e. The van der Waals surface area contributed by atoms with Crippen LogP contribution in [-0.4, -0.2) is 30.8 Å². The molecule has 0 unspecified atom stereocenters. The first-order chi connectivity index (χ1) is 10.7. The number of hydrogen-bond donors (Lipinski definition) is 1. The second kappa shape index (κ2) is 5.51. The van der Waals surface area contributed by atoms with Gasteiger partial charge in [-0.05, 0) is 22.3 Å². The smallest absolute Gasteiger partial charge is 0.307 e. The molecule has 9 heteroatoms. The van der Waals surface area contributed by atoms with E-state index in [1.807, 2.05) is 0 Å². The number of carbonyl (C=O) groups is 1. The molecule has 108 valence electrons. The Morgan fingerprint density at radius 2 is 2.18 bits per heavy atom. The summed E-state index contributed by atoms with van der Waals surface area (Å²) in [5.41, 5.74) is 9.90. The van der Waals surface area contributed by atoms with E-state index in [9.17, 15) is 4.79 Å². The number of aliphatic carboxylic acids is 1. The first-order valence-electron chi connectivity index (χ1n) is 6.24. The Balaban J connectivity index is 2.21. The van der Waals surface area contributed by atoms with Gasteiger partial charge in [-0.15, -0.1) is 0 Å². The highest BCUT2D eigenvalue weighted by atomic mass is 16.4. The summed E-state index contributed by atoms with van der Waals surface area (Å²) in [6.07, 6.45) is 4.32. The van der Waals surface area contributed by atoms with Gasteiger partial charge >= 0.3 is 5.97 Å². The van der Waals surface area contributed by atoms with Crippen molar-refractivity contribution in [3.63, 3.8) is 0 Å². The van der Waals surface area contributed by atoms with Gasteiger partial charge in [-0.25, -0.2) is 14.6 Å². The molecule has 0 aliphatic carbocycles. The number of azide groups is 1. The Bertz CT molecular complexity index is 912. The number of aromatic nitrogens is 4. The van der Waals surface area contributed by atoms with Gasteiger partial charge < -0.3 is 5.11 Å². The van der Waals surface area contributed by atoms with Crippen LogP contribution in [0, 0.1) is 0 Å². The molecule has 2 aromatic heterocycles. The minimum Gasteiger partial charge on any atom is -0.481 e. The SMILES string of the molecule is [N-]=[N+]=Nc1nccnc1-n1ncc2c(CC(=O)O)cccc21. The molecule has 9 nitrogen and oxygen atoms in total. The molecule has 0 bridgehead atoms. The maximum absolute atomic E-state index is 10.9. The van der Waals surface area contributed by atoms with Crippen LogP contribution in [0.4, 0.5) is 5.82 Å². The first kappa shape index (κ1) is 13.5. The molecule has 0 radical (unpaired) electrons. The fraction of sp³-hybridized carbons (Fsp3) is 0.0769. The number of nitrogens with zero attached hydrogens (tertiary/aromatic N) is 7. The Morgan fingerprint density at radius 3 is 2.95 bits per heavy atom. The lowest BCUT2D eigenvalue weighted by atomic mass is 10.1. The average Bonchev–Trinajstić information content (AvgIpc) is 2.93. The fourth-order valence-electron chi connectivity index (χ4n) is 2.18. The van der Waals surface area contributed by atoms with Gasteiger partial charge in [-0.2, -0.15) is 5.10 Å². The summed E-state index contributed by atoms with van der Waals surface area (Å²) < 4.78 is 1.47. The molecule has 0 aliphatic heterocycles. The van der Waals surface area contributed by atoms with E-state index in [0.717, 1.165) is 0 Å². The van der Waals surface area contributed by atoms with Crippen molar-refractivity contribution in [3.05, 3.63) is 52.8 Å². The van der Waals surface area contributed by atoms with Crippen LogP contribution in [0.3, 0.4) is 0 Å². The normalized spacial score (nSPS) is 10.4. The molecule has 2 heterocycles. The standard InChI is InChI=1S/C13H9N7O2/c14-19-18-12-13(16-5-4-15-12)20-10-3-1-2-8(6-11(21)22)9(10)7-17-20/h1-5,7H,6H2,(H,21,22). The third-order valence-electron chi connectivity index (χ3n) is 3.05. The van der Waals surface area contributed by atoms with Crippen LogP contribution in [0.25, 0.3) is 27.2 Å². The topological polar surface area (TPSA) is 130 Å². The highest BCUT2D eigenvalue weighted by molar-refractivity contribution is 5.87. The second-order valence-corrected chi connectivity index (χ2v) is 4.37. The molecule has 0 saturated heterocycles. The van der Waals surface area contributed by atoms with Crippen LogP contribution >= 0.6 is 0 Å². The van der Waals surface area contributed by atoms with Crippen molar-refractivity contribution in [2.24, 2.45) is 5.11 Å². The molecular weight excluding hydrogens is 286 g/mol. The monoisotopic (exact) mass is 295 g/mol. The van der Waals surface area contributed by atoms with Crippen molar-refractivity contribution in [1.82, 2.24) is 19.7 Å². The molecule has 0 aliphatic rings. The Morgan fingerprint density at radius 1 is 1.36 bits per heavy atom. The first-order valence-corrected chi connectivity index (χ1v) is 6.24. The molecule has 0 spiro atoms. The maximum atomic E-state index is 10.9. The van der Waals surface area contributed by atoms with E-state index in [1.165, 1.54) is 17.1 Å². The van der Waals surface area contributed by atoms with Gasteiger partial charge in [-0.3, -0.25) is 4.79 Å². The average molecular weight is 295 g/mol. The highest BCUT2D eigenvalue weighted by Gasteiger charge is 2.13. The van der Waals surface area contributed by atoms with Crippen molar-refractivity contribution in [3.8, 4) is 5.82 Å². The van der Waals surface area contributed by atoms with E-state index in [-0.39, 0.29) is 18.1 Å². The molecule has 0 saturated carbocycles. The minimum atomic E-state index is -0.922. The van der Waals surface area contributed by atoms with Gasteiger partial charge in [0.25, 0.3) is 0 Å². The van der Waals surface area contributed by atoms with Crippen molar-refractivity contribution in [2.45, 2.75) is 6.42 Å². The fourth-order valence-corrected chi connectivity index (χ4v) is 2.18. The number of carboxylic acid groups (broad SMARTS) is 1. The Hall–Kier alpha value is -3.45. The van der Waals surface area contributed by atoms with Crippen LogP contribution in [0.5, 0.6) is 0 Å². The molecule has 3 rings (SSSR count). The van der Waals surface area contributed by atoms with E-state index in [0.29, 0.717) is 16.5 Å². The molecular formula is C13H9N7O2. The minimum absolute atomic E-state index is 0.0960. The molecule has 3 aromatic rings. The van der Waals surface area contributed by atoms with Gasteiger partial charge in [0, 0.05) is 22.7 Å². The van der Waals surface area contributed by atoms with Crippen LogP contribution in [0.15, 0.2) is 41.9 Å². The molecule has 0 amide bonds. The molecule has 0 atom stereocenters. The third kappa shape index (κ3) is 2.32. The molecule has 1 aromatic carbocycles. The summed E-state index contributed by atoms with van der Waals surface area (Å²) in [6.45, 7) is 0. The van der Waals surface area contributed by atoms with E-state index < -0.39 is 5.97 Å². The summed E-state index contributed by atoms with van der Waals surface area (Å²) in [7, 11) is 0. The Kier molecular flexibility index (Phi) is 3.39. The summed E-state index contributed by atoms with van der Waals surface area (Å²) in [5.74, 6) is -0.545. The van der Waals surface area contributed by atoms with Crippen molar-refractivity contribution >= 4 is 22.7 Å². The van der Waals surface area contributed by atoms with Crippen LogP contribution < -0.4 is 0 Å². The lowest BCUT2D eigenvalue weighted by molar-refractivity contribution is -0.136. The number of carboxylic acids is 1. The molecule has 0 fully saturated rings. The molecule has 1 N–H and O–H groups in total. The van der Waals surface area contributed by atoms with E-state index in [1.54, 1.807) is 24.4 Å². The second-order valence-electron chi connectivity index (χ2n) is 4.37. The summed E-state index contributed by atoms with van der Waals surface area (Å²) in [4.78, 5) is 21.7. The van der Waals surface area contributed by atoms with Crippen LogP contribution in [-0.2, 0) is 11.2 Å². The van der Waals surface area contributed by atoms with Crippen molar-refractivity contribution in [2.75, 3.05) is 0 Å². The zero-order valence-corrected chi connectivity index (χ0v) is 11.2. The highest BCUT2D eigenvalue weighted by Crippen LogP contribution is 2.25. The molecule has 22 heavy (non-hydrogen) atoms. The number of fused-ring (bicyclic) bond motifs is 1. The predicted molar refractivity (Wildman–Crippen MR) is 76.8 cm³/mol. The van der Waals surface area contributed by atoms with E-state index >= 15 is 0 Å². The zero-order valence-electron chi connectivity index (χ0n) is 11.2. The number of benzene rings is 1. The third-order valence-corrected chi connectivity index (χ3v) is 3.05. The summed E-state index contributed by atoms with van der Waals surface area (Å²) in [6, 6.07) is 5.25. The van der Waals surface area contributed by atoms with Gasteiger partial charge in [0.15, 0.2) is 11.6 Å². The van der Waals surface area contributed by atoms with Gasteiger partial charge in [0.05, 0.1) is 18.1 Å². The van der Waals surface area contributed by atoms with E-state index in [4.69, 9.17) is 10.6 Å². The lowest BCUT2D eigenvalue weighted by Gasteiger charge is -2.05. The largest absolute Gasteiger partial charge is 0.481 e. The van der Waals surface area contributed by atoms with E-state index in [2.05, 4.69) is 25.1 Å². The predicted octanol–water partition coefficient (Wildman–Crippen LogP) is 2.38. The lowest BCUT2D eigenvalue weighted by Crippen LogP contribution is -2.02. The summed E-state index contributed by atoms with van der Waals surface area (Å²) >= 11 is 0. The van der Waals surface area contributed by atoms with Crippen molar-refractivity contribution in [1.29, 1.82) is 0 Å². The van der Waals surface area contributed by atoms with Gasteiger partial charge in [0.1, 0.15) is 0 Å². The van der Waals surface area contributed by atoms with Crippen LogP contribution in [0.2, 0.25) is 0 Å². The van der Waals surface area contributed by atoms with Crippen molar-refractivity contribution < 1.29 is 9.90 Å². The quantitative estimate of drug-likeness (QED) is 0.448. The Labute approximate surface area is 123 Å². The van der Waals surface area contributed by atoms with Gasteiger partial charge in [0.2, 0.25) is 0 Å². The number of rotatable bonds is 4.